The lowest BCUT2D eigenvalue weighted by atomic mass is 9.78. The molecule has 31 heavy (non-hydrogen) atoms. The Morgan fingerprint density at radius 1 is 1.23 bits per heavy atom. The number of carboxylic acids is 1. The van der Waals surface area contributed by atoms with E-state index in [-0.39, 0.29) is 59.8 Å². The number of hydrogen-bond donors (Lipinski definition) is 4. The molecule has 0 aromatic heterocycles. The number of hydrogen-bond acceptors (Lipinski definition) is 7. The fourth-order valence-corrected chi connectivity index (χ4v) is 3.74. The van der Waals surface area contributed by atoms with Crippen molar-refractivity contribution in [1.82, 2.24) is 4.90 Å². The maximum absolute atomic E-state index is 11.8. The Labute approximate surface area is 192 Å². The van der Waals surface area contributed by atoms with Crippen LogP contribution >= 0.6 is 24.8 Å². The van der Waals surface area contributed by atoms with Crippen molar-refractivity contribution >= 4 is 37.9 Å². The third kappa shape index (κ3) is 5.55. The first-order chi connectivity index (χ1) is 13.9. The minimum Gasteiger partial charge on any atom is -0.535 e. The summed E-state index contributed by atoms with van der Waals surface area (Å²) in [5.41, 5.74) is 7.88. The number of benzene rings is 2. The first-order valence-corrected chi connectivity index (χ1v) is 9.58. The van der Waals surface area contributed by atoms with Gasteiger partial charge in [0.15, 0.2) is 0 Å². The van der Waals surface area contributed by atoms with Crippen LogP contribution in [0.15, 0.2) is 36.4 Å². The predicted molar refractivity (Wildman–Crippen MR) is 121 cm³/mol. The lowest BCUT2D eigenvalue weighted by Gasteiger charge is -2.40. The molecule has 1 fully saturated rings. The molecule has 168 valence electrons. The average molecular weight is 471 g/mol. The lowest BCUT2D eigenvalue weighted by molar-refractivity contribution is 0.0153. The number of likely N-dealkylation sites (tertiary alicyclic amines) is 1. The summed E-state index contributed by atoms with van der Waals surface area (Å²) in [6.07, 6.45) is 0.848. The van der Waals surface area contributed by atoms with Crippen molar-refractivity contribution in [3.63, 3.8) is 0 Å². The Bertz CT molecular complexity index is 911. The molecular formula is C20H25BCl2N2O6. The molecule has 0 unspecified atom stereocenters. The number of ether oxygens (including phenoxy) is 1. The summed E-state index contributed by atoms with van der Waals surface area (Å²) < 4.78 is 11.3. The second-order valence-corrected chi connectivity index (χ2v) is 7.50. The number of aryl methyl sites for hydroxylation is 1. The summed E-state index contributed by atoms with van der Waals surface area (Å²) in [4.78, 5) is 13.9. The van der Waals surface area contributed by atoms with Gasteiger partial charge in [0.1, 0.15) is 28.9 Å². The normalized spacial score (nSPS) is 16.6. The van der Waals surface area contributed by atoms with Crippen LogP contribution in [0.2, 0.25) is 6.32 Å². The fourth-order valence-electron chi connectivity index (χ4n) is 3.74. The number of fused-ring (bicyclic) bond motifs is 1. The van der Waals surface area contributed by atoms with Crippen molar-refractivity contribution in [2.24, 2.45) is 5.73 Å². The predicted octanol–water partition coefficient (Wildman–Crippen LogP) is 2.11. The smallest absolute Gasteiger partial charge is 0.522 e. The standard InChI is InChI=1S/C20H23BN2O6.2ClH/c22-16(12-1-4-14(24)5-2-12)11-23-9-15(10-23)28-17-6-3-13-7-8-21(27)29-19(13)18(17)20(25)26;;/h1-6,15-16,24,27H,7-11,22H2,(H,25,26);2*1H/t16-;;/m1../s1. The Hall–Kier alpha value is -2.17. The number of carbonyl (C=O) groups is 1. The Morgan fingerprint density at radius 2 is 1.90 bits per heavy atom. The van der Waals surface area contributed by atoms with E-state index in [2.05, 4.69) is 4.90 Å². The summed E-state index contributed by atoms with van der Waals surface area (Å²) in [7, 11) is -1.00. The van der Waals surface area contributed by atoms with Gasteiger partial charge in [-0.15, -0.1) is 24.8 Å². The van der Waals surface area contributed by atoms with Gasteiger partial charge in [-0.3, -0.25) is 4.90 Å². The third-order valence-electron chi connectivity index (χ3n) is 5.32. The van der Waals surface area contributed by atoms with E-state index in [1.807, 2.05) is 0 Å². The van der Waals surface area contributed by atoms with Gasteiger partial charge in [0.25, 0.3) is 0 Å². The molecule has 1 atom stereocenters. The first-order valence-electron chi connectivity index (χ1n) is 9.58. The van der Waals surface area contributed by atoms with E-state index in [0.717, 1.165) is 11.1 Å². The topological polar surface area (TPSA) is 125 Å². The van der Waals surface area contributed by atoms with Gasteiger partial charge in [0, 0.05) is 25.7 Å². The van der Waals surface area contributed by atoms with E-state index in [0.29, 0.717) is 32.4 Å². The van der Waals surface area contributed by atoms with Crippen molar-refractivity contribution in [2.45, 2.75) is 24.9 Å². The number of rotatable bonds is 6. The highest BCUT2D eigenvalue weighted by Crippen LogP contribution is 2.37. The number of nitrogens with two attached hydrogens (primary N) is 1. The van der Waals surface area contributed by atoms with Crippen LogP contribution < -0.4 is 15.1 Å². The minimum absolute atomic E-state index is 0. The average Bonchev–Trinajstić information content (AvgIpc) is 2.65. The number of nitrogens with zero attached hydrogens (tertiary/aromatic N) is 1. The highest BCUT2D eigenvalue weighted by atomic mass is 35.5. The quantitative estimate of drug-likeness (QED) is 0.473. The second kappa shape index (κ2) is 10.4. The molecule has 0 bridgehead atoms. The summed E-state index contributed by atoms with van der Waals surface area (Å²) >= 11 is 0. The molecule has 4 rings (SSSR count). The summed E-state index contributed by atoms with van der Waals surface area (Å²) in [6, 6.07) is 10.1. The van der Waals surface area contributed by atoms with E-state index in [1.54, 1.807) is 36.4 Å². The number of aromatic carboxylic acids is 1. The van der Waals surface area contributed by atoms with Gasteiger partial charge in [0.2, 0.25) is 0 Å². The summed E-state index contributed by atoms with van der Waals surface area (Å²) in [5.74, 6) is -0.497. The monoisotopic (exact) mass is 470 g/mol. The van der Waals surface area contributed by atoms with E-state index < -0.39 is 13.1 Å². The van der Waals surface area contributed by atoms with Gasteiger partial charge in [0.05, 0.1) is 0 Å². The van der Waals surface area contributed by atoms with Crippen molar-refractivity contribution in [3.05, 3.63) is 53.1 Å². The van der Waals surface area contributed by atoms with Crippen molar-refractivity contribution < 1.29 is 29.4 Å². The van der Waals surface area contributed by atoms with Crippen molar-refractivity contribution in [1.29, 1.82) is 0 Å². The van der Waals surface area contributed by atoms with Gasteiger partial charge in [-0.25, -0.2) is 4.79 Å². The van der Waals surface area contributed by atoms with Crippen LogP contribution in [-0.2, 0) is 6.42 Å². The highest BCUT2D eigenvalue weighted by molar-refractivity contribution is 6.44. The number of phenols is 1. The van der Waals surface area contributed by atoms with E-state index in [1.165, 1.54) is 0 Å². The maximum atomic E-state index is 11.8. The molecule has 2 aliphatic rings. The van der Waals surface area contributed by atoms with Crippen molar-refractivity contribution in [3.8, 4) is 17.2 Å². The Kier molecular flexibility index (Phi) is 8.45. The SMILES string of the molecule is Cl.Cl.N[C@H](CN1CC(Oc2ccc3c(c2C(=O)O)OB(O)CC3)C1)c1ccc(O)cc1. The van der Waals surface area contributed by atoms with E-state index >= 15 is 0 Å². The molecule has 2 heterocycles. The van der Waals surface area contributed by atoms with E-state index in [4.69, 9.17) is 15.1 Å². The van der Waals surface area contributed by atoms with Gasteiger partial charge >= 0.3 is 13.1 Å². The zero-order valence-electron chi connectivity index (χ0n) is 16.6. The maximum Gasteiger partial charge on any atom is 0.522 e. The molecule has 11 heteroatoms. The highest BCUT2D eigenvalue weighted by Gasteiger charge is 2.34. The molecule has 0 saturated carbocycles. The van der Waals surface area contributed by atoms with Crippen LogP contribution in [0.1, 0.15) is 27.5 Å². The van der Waals surface area contributed by atoms with Crippen LogP contribution in [0.3, 0.4) is 0 Å². The molecule has 0 aliphatic carbocycles. The molecule has 0 spiro atoms. The zero-order valence-corrected chi connectivity index (χ0v) is 18.3. The zero-order chi connectivity index (χ0) is 20.5. The Balaban J connectivity index is 0.00000171. The summed E-state index contributed by atoms with van der Waals surface area (Å²) in [6.45, 7) is 1.90. The first kappa shape index (κ1) is 25.1. The molecule has 2 aromatic carbocycles. The van der Waals surface area contributed by atoms with Gasteiger partial charge < -0.3 is 30.4 Å². The summed E-state index contributed by atoms with van der Waals surface area (Å²) in [5, 5.41) is 28.7. The number of aromatic hydroxyl groups is 1. The molecule has 0 radical (unpaired) electrons. The van der Waals surface area contributed by atoms with Crippen molar-refractivity contribution in [2.75, 3.05) is 19.6 Å². The molecule has 8 nitrogen and oxygen atoms in total. The lowest BCUT2D eigenvalue weighted by Crippen LogP contribution is -2.55. The second-order valence-electron chi connectivity index (χ2n) is 7.50. The van der Waals surface area contributed by atoms with Crippen LogP contribution in [-0.4, -0.2) is 59.0 Å². The largest absolute Gasteiger partial charge is 0.535 e. The van der Waals surface area contributed by atoms with Crippen LogP contribution in [0.5, 0.6) is 17.2 Å². The third-order valence-corrected chi connectivity index (χ3v) is 5.32. The van der Waals surface area contributed by atoms with Gasteiger partial charge in [-0.2, -0.15) is 0 Å². The minimum atomic E-state index is -1.14. The van der Waals surface area contributed by atoms with Crippen LogP contribution in [0.25, 0.3) is 0 Å². The molecule has 5 N–H and O–H groups in total. The molecular weight excluding hydrogens is 446 g/mol. The molecule has 2 aliphatic heterocycles. The van der Waals surface area contributed by atoms with Gasteiger partial charge in [-0.05, 0) is 42.1 Å². The number of phenolic OH excluding ortho intramolecular Hbond substituents is 1. The van der Waals surface area contributed by atoms with Crippen LogP contribution in [0, 0.1) is 0 Å². The number of carboxylic acid groups (broad SMARTS) is 1. The molecule has 1 saturated heterocycles. The molecule has 2 aromatic rings. The van der Waals surface area contributed by atoms with Crippen LogP contribution in [0.4, 0.5) is 0 Å². The van der Waals surface area contributed by atoms with Gasteiger partial charge in [-0.1, -0.05) is 18.2 Å². The Morgan fingerprint density at radius 3 is 2.55 bits per heavy atom. The van der Waals surface area contributed by atoms with E-state index in [9.17, 15) is 20.0 Å². The fraction of sp³-hybridized carbons (Fsp3) is 0.350. The number of halogens is 2. The molecule has 0 amide bonds.